The van der Waals surface area contributed by atoms with Gasteiger partial charge in [-0.15, -0.1) is 0 Å². The van der Waals surface area contributed by atoms with Crippen molar-refractivity contribution < 1.29 is 9.90 Å². The quantitative estimate of drug-likeness (QED) is 0.729. The number of carbonyl (C=O) groups is 1. The highest BCUT2D eigenvalue weighted by Crippen LogP contribution is 2.19. The molecule has 3 nitrogen and oxygen atoms in total. The van der Waals surface area contributed by atoms with Crippen LogP contribution in [-0.2, 0) is 4.79 Å². The molecule has 0 amide bonds. The van der Waals surface area contributed by atoms with Crippen LogP contribution in [0, 0.1) is 0 Å². The zero-order chi connectivity index (χ0) is 10.2. The Morgan fingerprint density at radius 2 is 2.21 bits per heavy atom. The molecule has 0 aliphatic carbocycles. The summed E-state index contributed by atoms with van der Waals surface area (Å²) >= 11 is 0. The molecule has 1 heterocycles. The molecule has 72 valence electrons. The van der Waals surface area contributed by atoms with E-state index < -0.39 is 11.5 Å². The molecule has 2 rings (SSSR count). The fourth-order valence-electron chi connectivity index (χ4n) is 1.66. The van der Waals surface area contributed by atoms with Gasteiger partial charge in [0.25, 0.3) is 0 Å². The number of rotatable bonds is 2. The summed E-state index contributed by atoms with van der Waals surface area (Å²) in [6.07, 6.45) is 2.21. The van der Waals surface area contributed by atoms with Crippen molar-refractivity contribution in [2.45, 2.75) is 18.9 Å². The molecule has 1 unspecified atom stereocenters. The number of aliphatic carboxylic acids is 1. The number of hydrogen-bond acceptors (Lipinski definition) is 2. The van der Waals surface area contributed by atoms with Gasteiger partial charge in [0.2, 0.25) is 0 Å². The predicted octanol–water partition coefficient (Wildman–Crippen LogP) is 0.334. The first-order valence-corrected chi connectivity index (χ1v) is 4.59. The number of fused-ring (bicyclic) bond motifs is 1. The molecular formula is C11H11NO2. The number of carboxylic acid groups (broad SMARTS) is 1. The summed E-state index contributed by atoms with van der Waals surface area (Å²) in [6.45, 7) is 1.83. The van der Waals surface area contributed by atoms with Crippen molar-refractivity contribution in [3.63, 3.8) is 0 Å². The van der Waals surface area contributed by atoms with Gasteiger partial charge in [0, 0.05) is 0 Å². The number of nitrogens with zero attached hydrogens (tertiary/aromatic N) is 1. The Morgan fingerprint density at radius 3 is 2.79 bits per heavy atom. The number of para-hydroxylation sites is 1. The maximum atomic E-state index is 11.1. The summed E-state index contributed by atoms with van der Waals surface area (Å²) in [5, 5.41) is 10.8. The van der Waals surface area contributed by atoms with Gasteiger partial charge in [0.1, 0.15) is 0 Å². The Morgan fingerprint density at radius 1 is 1.50 bits per heavy atom. The van der Waals surface area contributed by atoms with E-state index in [1.165, 1.54) is 0 Å². The first kappa shape index (κ1) is 8.94. The molecule has 0 radical (unpaired) electrons. The largest absolute Gasteiger partial charge is 0.479 e. The molecule has 0 saturated heterocycles. The third-order valence-corrected chi connectivity index (χ3v) is 2.56. The molecule has 1 atom stereocenters. The van der Waals surface area contributed by atoms with Gasteiger partial charge >= 0.3 is 5.97 Å². The maximum Gasteiger partial charge on any atom is 0.335 e. The van der Waals surface area contributed by atoms with Crippen LogP contribution in [0.2, 0.25) is 0 Å². The van der Waals surface area contributed by atoms with E-state index in [9.17, 15) is 4.79 Å². The van der Waals surface area contributed by atoms with E-state index in [2.05, 4.69) is 4.99 Å². The van der Waals surface area contributed by atoms with Gasteiger partial charge in [-0.2, -0.15) is 0 Å². The SMILES string of the molecule is CCC1(C(=O)O)C=c2ccccc2=N1. The lowest BCUT2D eigenvalue weighted by Gasteiger charge is -2.15. The molecule has 0 fully saturated rings. The van der Waals surface area contributed by atoms with Crippen LogP contribution in [0.5, 0.6) is 0 Å². The molecule has 14 heavy (non-hydrogen) atoms. The molecule has 0 bridgehead atoms. The number of benzene rings is 1. The first-order valence-electron chi connectivity index (χ1n) is 4.59. The molecule has 1 aromatic rings. The minimum Gasteiger partial charge on any atom is -0.479 e. The molecule has 1 N–H and O–H groups in total. The molecule has 3 heteroatoms. The summed E-state index contributed by atoms with van der Waals surface area (Å²) in [5.74, 6) is -0.879. The van der Waals surface area contributed by atoms with Crippen LogP contribution >= 0.6 is 0 Å². The van der Waals surface area contributed by atoms with E-state index in [1.807, 2.05) is 31.2 Å². The first-order chi connectivity index (χ1) is 6.68. The van der Waals surface area contributed by atoms with Crippen molar-refractivity contribution >= 4 is 12.0 Å². The summed E-state index contributed by atoms with van der Waals surface area (Å²) in [4.78, 5) is 15.3. The minimum atomic E-state index is -1.04. The highest BCUT2D eigenvalue weighted by atomic mass is 16.4. The Balaban J connectivity index is 2.68. The van der Waals surface area contributed by atoms with E-state index in [0.717, 1.165) is 10.6 Å². The van der Waals surface area contributed by atoms with Crippen molar-refractivity contribution in [1.29, 1.82) is 0 Å². The maximum absolute atomic E-state index is 11.1. The molecule has 1 aliphatic rings. The lowest BCUT2D eigenvalue weighted by atomic mass is 9.98. The summed E-state index contributed by atoms with van der Waals surface area (Å²) < 4.78 is 0. The topological polar surface area (TPSA) is 49.7 Å². The van der Waals surface area contributed by atoms with Gasteiger partial charge in [-0.1, -0.05) is 25.1 Å². The molecule has 0 spiro atoms. The van der Waals surface area contributed by atoms with Crippen LogP contribution in [0.25, 0.3) is 6.08 Å². The van der Waals surface area contributed by atoms with E-state index in [1.54, 1.807) is 6.08 Å². The van der Waals surface area contributed by atoms with Crippen LogP contribution in [0.15, 0.2) is 29.3 Å². The Labute approximate surface area is 81.4 Å². The standard InChI is InChI=1S/C11H11NO2/c1-2-11(10(13)14)7-8-5-3-4-6-9(8)12-11/h3-7H,2H2,1H3,(H,13,14). The second-order valence-electron chi connectivity index (χ2n) is 3.40. The second-order valence-corrected chi connectivity index (χ2v) is 3.40. The van der Waals surface area contributed by atoms with Gasteiger partial charge in [0.15, 0.2) is 5.54 Å². The third-order valence-electron chi connectivity index (χ3n) is 2.56. The highest BCUT2D eigenvalue weighted by Gasteiger charge is 2.35. The van der Waals surface area contributed by atoms with Crippen LogP contribution in [0.1, 0.15) is 13.3 Å². The Kier molecular flexibility index (Phi) is 1.88. The molecule has 0 saturated carbocycles. The normalized spacial score (nSPS) is 23.5. The molecule has 1 aliphatic heterocycles. The summed E-state index contributed by atoms with van der Waals surface area (Å²) in [6, 6.07) is 7.48. The monoisotopic (exact) mass is 189 g/mol. The Bertz CT molecular complexity index is 455. The van der Waals surface area contributed by atoms with E-state index in [-0.39, 0.29) is 0 Å². The smallest absolute Gasteiger partial charge is 0.335 e. The zero-order valence-corrected chi connectivity index (χ0v) is 7.90. The van der Waals surface area contributed by atoms with E-state index in [0.29, 0.717) is 6.42 Å². The third kappa shape index (κ3) is 1.13. The van der Waals surface area contributed by atoms with E-state index in [4.69, 9.17) is 5.11 Å². The van der Waals surface area contributed by atoms with Crippen LogP contribution < -0.4 is 10.6 Å². The van der Waals surface area contributed by atoms with Gasteiger partial charge in [-0.05, 0) is 23.8 Å². The summed E-state index contributed by atoms with van der Waals surface area (Å²) in [7, 11) is 0. The van der Waals surface area contributed by atoms with Crippen molar-refractivity contribution in [2.75, 3.05) is 0 Å². The van der Waals surface area contributed by atoms with Gasteiger partial charge in [0.05, 0.1) is 5.36 Å². The van der Waals surface area contributed by atoms with E-state index >= 15 is 0 Å². The van der Waals surface area contributed by atoms with Crippen molar-refractivity contribution in [3.05, 3.63) is 34.8 Å². The van der Waals surface area contributed by atoms with Gasteiger partial charge in [-0.3, -0.25) is 4.99 Å². The van der Waals surface area contributed by atoms with Gasteiger partial charge in [-0.25, -0.2) is 4.79 Å². The molecular weight excluding hydrogens is 178 g/mol. The fraction of sp³-hybridized carbons (Fsp3) is 0.273. The van der Waals surface area contributed by atoms with Gasteiger partial charge < -0.3 is 5.11 Å². The second kappa shape index (κ2) is 2.94. The lowest BCUT2D eigenvalue weighted by Crippen LogP contribution is -2.32. The lowest BCUT2D eigenvalue weighted by molar-refractivity contribution is -0.140. The molecule has 0 aromatic heterocycles. The van der Waals surface area contributed by atoms with Crippen LogP contribution in [-0.4, -0.2) is 16.6 Å². The number of carboxylic acids is 1. The zero-order valence-electron chi connectivity index (χ0n) is 7.90. The van der Waals surface area contributed by atoms with Crippen molar-refractivity contribution in [2.24, 2.45) is 4.99 Å². The van der Waals surface area contributed by atoms with Crippen LogP contribution in [0.4, 0.5) is 0 Å². The minimum absolute atomic E-state index is 0.483. The number of hydrogen-bond donors (Lipinski definition) is 1. The Hall–Kier alpha value is -1.64. The predicted molar refractivity (Wildman–Crippen MR) is 52.3 cm³/mol. The highest BCUT2D eigenvalue weighted by molar-refractivity contribution is 5.88. The van der Waals surface area contributed by atoms with Crippen LogP contribution in [0.3, 0.4) is 0 Å². The summed E-state index contributed by atoms with van der Waals surface area (Å²) in [5.41, 5.74) is -1.04. The average molecular weight is 189 g/mol. The fourth-order valence-corrected chi connectivity index (χ4v) is 1.66. The molecule has 1 aromatic carbocycles. The van der Waals surface area contributed by atoms with Crippen molar-refractivity contribution in [1.82, 2.24) is 0 Å². The van der Waals surface area contributed by atoms with Crippen molar-refractivity contribution in [3.8, 4) is 0 Å². The average Bonchev–Trinajstić information content (AvgIpc) is 2.57.